The lowest BCUT2D eigenvalue weighted by atomic mass is 9.99. The van der Waals surface area contributed by atoms with Gasteiger partial charge in [0.05, 0.1) is 17.4 Å². The van der Waals surface area contributed by atoms with Crippen LogP contribution in [0.2, 0.25) is 0 Å². The molecule has 6 heteroatoms. The summed E-state index contributed by atoms with van der Waals surface area (Å²) in [6.07, 6.45) is 0. The zero-order chi connectivity index (χ0) is 20.1. The van der Waals surface area contributed by atoms with E-state index >= 15 is 0 Å². The maximum atomic E-state index is 12.9. The molecule has 1 atom stereocenters. The Bertz CT molecular complexity index is 935. The molecule has 0 bridgehead atoms. The van der Waals surface area contributed by atoms with Crippen molar-refractivity contribution in [3.63, 3.8) is 0 Å². The fourth-order valence-corrected chi connectivity index (χ4v) is 3.74. The molecule has 146 valence electrons. The Kier molecular flexibility index (Phi) is 6.52. The van der Waals surface area contributed by atoms with Crippen LogP contribution in [0, 0.1) is 6.92 Å². The van der Waals surface area contributed by atoms with Gasteiger partial charge in [-0.15, -0.1) is 11.8 Å². The highest BCUT2D eigenvalue weighted by Crippen LogP contribution is 2.26. The minimum atomic E-state index is -0.0900. The molecule has 0 unspecified atom stereocenters. The number of hydrogen-bond donors (Lipinski definition) is 1. The van der Waals surface area contributed by atoms with E-state index in [1.807, 2.05) is 31.2 Å². The third-order valence-corrected chi connectivity index (χ3v) is 5.58. The van der Waals surface area contributed by atoms with Gasteiger partial charge in [0.25, 0.3) is 5.91 Å². The summed E-state index contributed by atoms with van der Waals surface area (Å²) in [5.41, 5.74) is 3.03. The number of carbonyl (C=O) groups is 1. The third-order valence-electron chi connectivity index (χ3n) is 4.51. The van der Waals surface area contributed by atoms with Crippen molar-refractivity contribution in [1.82, 2.24) is 15.5 Å². The third kappa shape index (κ3) is 5.01. The molecule has 1 N–H and O–H groups in total. The number of benzene rings is 2. The lowest BCUT2D eigenvalue weighted by molar-refractivity contribution is 0.0937. The second-order valence-electron chi connectivity index (χ2n) is 7.03. The van der Waals surface area contributed by atoms with Crippen LogP contribution in [0.4, 0.5) is 0 Å². The van der Waals surface area contributed by atoms with E-state index in [4.69, 9.17) is 4.52 Å². The fraction of sp³-hybridized carbons (Fsp3) is 0.318. The van der Waals surface area contributed by atoms with Crippen LogP contribution in [0.1, 0.15) is 65.9 Å². The second kappa shape index (κ2) is 9.06. The zero-order valence-corrected chi connectivity index (χ0v) is 17.4. The van der Waals surface area contributed by atoms with Crippen LogP contribution < -0.4 is 5.32 Å². The lowest BCUT2D eigenvalue weighted by Crippen LogP contribution is -2.27. The van der Waals surface area contributed by atoms with Crippen LogP contribution in [-0.2, 0) is 5.75 Å². The van der Waals surface area contributed by atoms with Gasteiger partial charge in [-0.2, -0.15) is 4.98 Å². The summed E-state index contributed by atoms with van der Waals surface area (Å²) in [5, 5.41) is 7.01. The van der Waals surface area contributed by atoms with Crippen LogP contribution in [0.15, 0.2) is 57.9 Å². The van der Waals surface area contributed by atoms with E-state index in [0.29, 0.717) is 28.9 Å². The van der Waals surface area contributed by atoms with Gasteiger partial charge < -0.3 is 9.84 Å². The summed E-state index contributed by atoms with van der Waals surface area (Å²) in [7, 11) is 0. The van der Waals surface area contributed by atoms with Crippen LogP contribution >= 0.6 is 11.8 Å². The molecule has 0 saturated heterocycles. The van der Waals surface area contributed by atoms with Gasteiger partial charge >= 0.3 is 0 Å². The summed E-state index contributed by atoms with van der Waals surface area (Å²) in [5.74, 6) is 2.11. The average Bonchev–Trinajstić information content (AvgIpc) is 3.11. The molecular formula is C22H25N3O2S. The topological polar surface area (TPSA) is 68.0 Å². The van der Waals surface area contributed by atoms with Crippen LogP contribution in [0.3, 0.4) is 0 Å². The molecule has 0 spiro atoms. The number of carbonyl (C=O) groups excluding carboxylic acids is 1. The molecule has 2 aromatic carbocycles. The quantitative estimate of drug-likeness (QED) is 0.551. The maximum absolute atomic E-state index is 12.9. The van der Waals surface area contributed by atoms with Crippen molar-refractivity contribution in [2.75, 3.05) is 0 Å². The number of nitrogens with one attached hydrogen (secondary N) is 1. The molecule has 1 amide bonds. The summed E-state index contributed by atoms with van der Waals surface area (Å²) < 4.78 is 5.00. The Morgan fingerprint density at radius 1 is 1.07 bits per heavy atom. The number of nitrogens with zero attached hydrogens (tertiary/aromatic N) is 2. The van der Waals surface area contributed by atoms with Crippen molar-refractivity contribution >= 4 is 17.7 Å². The SMILES string of the molecule is Cc1nc(CSc2ccccc2C(=O)N[C@H](C)c2ccc(C(C)C)cc2)no1. The van der Waals surface area contributed by atoms with Gasteiger partial charge in [-0.1, -0.05) is 55.4 Å². The minimum Gasteiger partial charge on any atom is -0.345 e. The van der Waals surface area contributed by atoms with Crippen LogP contribution in [0.25, 0.3) is 0 Å². The Morgan fingerprint density at radius 2 is 1.75 bits per heavy atom. The molecule has 0 aliphatic heterocycles. The Morgan fingerprint density at radius 3 is 2.39 bits per heavy atom. The first kappa shape index (κ1) is 20.1. The molecule has 28 heavy (non-hydrogen) atoms. The van der Waals surface area contributed by atoms with E-state index in [1.54, 1.807) is 6.92 Å². The van der Waals surface area contributed by atoms with Gasteiger partial charge in [0.1, 0.15) is 0 Å². The van der Waals surface area contributed by atoms with E-state index < -0.39 is 0 Å². The number of rotatable bonds is 7. The van der Waals surface area contributed by atoms with Crippen molar-refractivity contribution in [2.45, 2.75) is 50.3 Å². The molecule has 3 rings (SSSR count). The monoisotopic (exact) mass is 395 g/mol. The van der Waals surface area contributed by atoms with Gasteiger partial charge in [0.2, 0.25) is 5.89 Å². The van der Waals surface area contributed by atoms with Gasteiger partial charge in [-0.05, 0) is 36.1 Å². The number of aryl methyl sites for hydroxylation is 1. The largest absolute Gasteiger partial charge is 0.345 e. The summed E-state index contributed by atoms with van der Waals surface area (Å²) >= 11 is 1.52. The van der Waals surface area contributed by atoms with Crippen LogP contribution in [-0.4, -0.2) is 16.0 Å². The van der Waals surface area contributed by atoms with Crippen molar-refractivity contribution in [3.05, 3.63) is 76.9 Å². The first-order valence-corrected chi connectivity index (χ1v) is 10.3. The summed E-state index contributed by atoms with van der Waals surface area (Å²) in [6, 6.07) is 15.9. The van der Waals surface area contributed by atoms with Crippen molar-refractivity contribution in [1.29, 1.82) is 0 Å². The highest BCUT2D eigenvalue weighted by Gasteiger charge is 2.16. The van der Waals surface area contributed by atoms with E-state index in [-0.39, 0.29) is 11.9 Å². The first-order chi connectivity index (χ1) is 13.4. The molecule has 3 aromatic rings. The maximum Gasteiger partial charge on any atom is 0.252 e. The van der Waals surface area contributed by atoms with Gasteiger partial charge in [0, 0.05) is 11.8 Å². The summed E-state index contributed by atoms with van der Waals surface area (Å²) in [6.45, 7) is 8.10. The zero-order valence-electron chi connectivity index (χ0n) is 16.6. The Labute approximate surface area is 169 Å². The first-order valence-electron chi connectivity index (χ1n) is 9.35. The van der Waals surface area contributed by atoms with Gasteiger partial charge in [0.15, 0.2) is 5.82 Å². The predicted octanol–water partition coefficient (Wildman–Crippen LogP) is 5.28. The molecule has 0 radical (unpaired) electrons. The molecule has 5 nitrogen and oxygen atoms in total. The van der Waals surface area contributed by atoms with E-state index in [0.717, 1.165) is 10.5 Å². The number of aromatic nitrogens is 2. The average molecular weight is 396 g/mol. The standard InChI is InChI=1S/C22H25N3O2S/c1-14(2)17-9-11-18(12-10-17)15(3)23-22(26)19-7-5-6-8-20(19)28-13-21-24-16(4)27-25-21/h5-12,14-15H,13H2,1-4H3,(H,23,26)/t15-/m1/s1. The molecule has 1 heterocycles. The minimum absolute atomic E-state index is 0.0772. The molecule has 0 aliphatic carbocycles. The number of hydrogen-bond acceptors (Lipinski definition) is 5. The van der Waals surface area contributed by atoms with Gasteiger partial charge in [-0.3, -0.25) is 4.79 Å². The number of amides is 1. The van der Waals surface area contributed by atoms with Crippen LogP contribution in [0.5, 0.6) is 0 Å². The normalized spacial score (nSPS) is 12.2. The second-order valence-corrected chi connectivity index (χ2v) is 8.05. The molecule has 0 saturated carbocycles. The Hall–Kier alpha value is -2.60. The van der Waals surface area contributed by atoms with Gasteiger partial charge in [-0.25, -0.2) is 0 Å². The molecule has 0 aliphatic rings. The fourth-order valence-electron chi connectivity index (χ4n) is 2.85. The van der Waals surface area contributed by atoms with E-state index in [1.165, 1.54) is 17.3 Å². The van der Waals surface area contributed by atoms with Crippen molar-refractivity contribution in [3.8, 4) is 0 Å². The summed E-state index contributed by atoms with van der Waals surface area (Å²) in [4.78, 5) is 18.0. The predicted molar refractivity (Wildman–Crippen MR) is 111 cm³/mol. The Balaban J connectivity index is 1.68. The molecular weight excluding hydrogens is 370 g/mol. The highest BCUT2D eigenvalue weighted by molar-refractivity contribution is 7.98. The van der Waals surface area contributed by atoms with E-state index in [2.05, 4.69) is 53.6 Å². The highest BCUT2D eigenvalue weighted by atomic mass is 32.2. The van der Waals surface area contributed by atoms with Crippen molar-refractivity contribution < 1.29 is 9.32 Å². The van der Waals surface area contributed by atoms with E-state index in [9.17, 15) is 4.79 Å². The molecule has 1 aromatic heterocycles. The smallest absolute Gasteiger partial charge is 0.252 e. The molecule has 0 fully saturated rings. The number of thioether (sulfide) groups is 1. The lowest BCUT2D eigenvalue weighted by Gasteiger charge is -2.17. The van der Waals surface area contributed by atoms with Crippen molar-refractivity contribution in [2.24, 2.45) is 0 Å².